The fourth-order valence-electron chi connectivity index (χ4n) is 2.45. The van der Waals surface area contributed by atoms with Crippen molar-refractivity contribution in [3.63, 3.8) is 0 Å². The van der Waals surface area contributed by atoms with E-state index in [4.69, 9.17) is 0 Å². The molecule has 1 aliphatic heterocycles. The van der Waals surface area contributed by atoms with E-state index in [1.807, 2.05) is 0 Å². The summed E-state index contributed by atoms with van der Waals surface area (Å²) < 4.78 is 0. The Bertz CT molecular complexity index is 306. The van der Waals surface area contributed by atoms with Crippen LogP contribution < -0.4 is 5.32 Å². The maximum absolute atomic E-state index is 11.7. The monoisotopic (exact) mass is 226 g/mol. The quantitative estimate of drug-likeness (QED) is 0.631. The lowest BCUT2D eigenvalue weighted by Crippen LogP contribution is -2.49. The number of imide groups is 1. The van der Waals surface area contributed by atoms with Gasteiger partial charge in [-0.1, -0.05) is 12.8 Å². The number of likely N-dealkylation sites (N-methyl/N-ethyl adjacent to an activating group) is 1. The van der Waals surface area contributed by atoms with E-state index in [0.29, 0.717) is 0 Å². The normalized spacial score (nSPS) is 35.9. The highest BCUT2D eigenvalue weighted by Gasteiger charge is 2.38. The van der Waals surface area contributed by atoms with Crippen LogP contribution in [-0.4, -0.2) is 47.1 Å². The summed E-state index contributed by atoms with van der Waals surface area (Å²) >= 11 is 0. The zero-order chi connectivity index (χ0) is 11.7. The molecule has 0 radical (unpaired) electrons. The van der Waals surface area contributed by atoms with Crippen molar-refractivity contribution in [3.05, 3.63) is 0 Å². The van der Waals surface area contributed by atoms with Crippen molar-refractivity contribution in [2.75, 3.05) is 7.05 Å². The Hall–Kier alpha value is -0.940. The van der Waals surface area contributed by atoms with Crippen molar-refractivity contribution < 1.29 is 14.7 Å². The number of nitrogens with zero attached hydrogens (tertiary/aromatic N) is 1. The van der Waals surface area contributed by atoms with Gasteiger partial charge in [0.2, 0.25) is 11.8 Å². The van der Waals surface area contributed by atoms with E-state index in [0.717, 1.165) is 30.6 Å². The third kappa shape index (κ3) is 2.10. The van der Waals surface area contributed by atoms with Crippen LogP contribution in [0.2, 0.25) is 0 Å². The maximum atomic E-state index is 11.7. The zero-order valence-electron chi connectivity index (χ0n) is 9.48. The van der Waals surface area contributed by atoms with E-state index in [1.165, 1.54) is 7.05 Å². The second-order valence-electron chi connectivity index (χ2n) is 4.67. The summed E-state index contributed by atoms with van der Waals surface area (Å²) in [6.45, 7) is 0. The summed E-state index contributed by atoms with van der Waals surface area (Å²) in [4.78, 5) is 24.1. The van der Waals surface area contributed by atoms with Gasteiger partial charge in [-0.3, -0.25) is 14.5 Å². The number of carbonyl (C=O) groups excluding carboxylic acids is 2. The molecule has 0 bridgehead atoms. The molecule has 2 aliphatic rings. The Morgan fingerprint density at radius 1 is 1.31 bits per heavy atom. The smallest absolute Gasteiger partial charge is 0.246 e. The van der Waals surface area contributed by atoms with Gasteiger partial charge in [-0.05, 0) is 12.8 Å². The maximum Gasteiger partial charge on any atom is 0.246 e. The molecule has 1 unspecified atom stereocenters. The molecule has 1 heterocycles. The highest BCUT2D eigenvalue weighted by Crippen LogP contribution is 2.20. The number of carbonyl (C=O) groups is 2. The number of aliphatic hydroxyl groups is 1. The molecule has 0 aromatic rings. The molecule has 90 valence electrons. The minimum Gasteiger partial charge on any atom is -0.392 e. The van der Waals surface area contributed by atoms with Gasteiger partial charge in [-0.15, -0.1) is 0 Å². The van der Waals surface area contributed by atoms with Crippen LogP contribution in [0.15, 0.2) is 0 Å². The number of hydrogen-bond donors (Lipinski definition) is 2. The predicted molar refractivity (Wildman–Crippen MR) is 57.6 cm³/mol. The molecule has 3 atom stereocenters. The Kier molecular flexibility index (Phi) is 3.25. The van der Waals surface area contributed by atoms with E-state index < -0.39 is 6.04 Å². The first-order valence-electron chi connectivity index (χ1n) is 5.84. The number of likely N-dealkylation sites (tertiary alicyclic amines) is 1. The first-order valence-corrected chi connectivity index (χ1v) is 5.84. The lowest BCUT2D eigenvalue weighted by Gasteiger charge is -2.30. The van der Waals surface area contributed by atoms with E-state index in [2.05, 4.69) is 5.32 Å². The number of nitrogens with one attached hydrogen (secondary N) is 1. The Morgan fingerprint density at radius 2 is 2.00 bits per heavy atom. The van der Waals surface area contributed by atoms with Crippen LogP contribution >= 0.6 is 0 Å². The molecule has 0 aromatic heterocycles. The van der Waals surface area contributed by atoms with Gasteiger partial charge in [0.25, 0.3) is 0 Å². The summed E-state index contributed by atoms with van der Waals surface area (Å²) in [5, 5.41) is 12.9. The molecular weight excluding hydrogens is 208 g/mol. The summed E-state index contributed by atoms with van der Waals surface area (Å²) in [6.07, 6.45) is 3.60. The molecule has 1 saturated carbocycles. The van der Waals surface area contributed by atoms with Crippen LogP contribution in [0.4, 0.5) is 0 Å². The van der Waals surface area contributed by atoms with Crippen LogP contribution in [0.3, 0.4) is 0 Å². The van der Waals surface area contributed by atoms with E-state index in [1.54, 1.807) is 0 Å². The number of hydrogen-bond acceptors (Lipinski definition) is 4. The Balaban J connectivity index is 1.94. The Morgan fingerprint density at radius 3 is 2.56 bits per heavy atom. The molecule has 5 nitrogen and oxygen atoms in total. The molecule has 2 amide bonds. The summed E-state index contributed by atoms with van der Waals surface area (Å²) in [5.74, 6) is -0.324. The van der Waals surface area contributed by atoms with Crippen molar-refractivity contribution in [3.8, 4) is 0 Å². The molecule has 1 saturated heterocycles. The average molecular weight is 226 g/mol. The minimum absolute atomic E-state index is 0.0398. The van der Waals surface area contributed by atoms with Crippen LogP contribution in [0.5, 0.6) is 0 Å². The molecule has 0 aromatic carbocycles. The highest BCUT2D eigenvalue weighted by atomic mass is 16.3. The van der Waals surface area contributed by atoms with Gasteiger partial charge in [0.05, 0.1) is 18.6 Å². The van der Waals surface area contributed by atoms with Crippen LogP contribution in [0, 0.1) is 0 Å². The molecule has 2 N–H and O–H groups in total. The topological polar surface area (TPSA) is 69.6 Å². The van der Waals surface area contributed by atoms with Gasteiger partial charge < -0.3 is 10.4 Å². The average Bonchev–Trinajstić information content (AvgIpc) is 2.50. The zero-order valence-corrected chi connectivity index (χ0v) is 9.48. The molecular formula is C11H18N2O3. The minimum atomic E-state index is -0.435. The summed E-state index contributed by atoms with van der Waals surface area (Å²) in [5.41, 5.74) is 0. The van der Waals surface area contributed by atoms with Crippen molar-refractivity contribution >= 4 is 11.8 Å². The lowest BCUT2D eigenvalue weighted by atomic mass is 9.92. The van der Waals surface area contributed by atoms with Gasteiger partial charge in [-0.2, -0.15) is 0 Å². The number of rotatable bonds is 2. The standard InChI is InChI=1S/C11H18N2O3/c1-13-10(15)6-8(11(13)16)12-7-4-2-3-5-9(7)14/h7-9,12,14H,2-6H2,1H3/t7-,8?,9-/m0/s1. The molecule has 5 heteroatoms. The van der Waals surface area contributed by atoms with E-state index in [-0.39, 0.29) is 30.4 Å². The molecule has 16 heavy (non-hydrogen) atoms. The SMILES string of the molecule is CN1C(=O)CC(N[C@H]2CCCC[C@@H]2O)C1=O. The van der Waals surface area contributed by atoms with Gasteiger partial charge in [0.15, 0.2) is 0 Å². The second kappa shape index (κ2) is 4.51. The van der Waals surface area contributed by atoms with E-state index in [9.17, 15) is 14.7 Å². The van der Waals surface area contributed by atoms with Crippen LogP contribution in [0.25, 0.3) is 0 Å². The number of amides is 2. The largest absolute Gasteiger partial charge is 0.392 e. The summed E-state index contributed by atoms with van der Waals surface area (Å²) in [6, 6.07) is -0.475. The molecule has 2 fully saturated rings. The van der Waals surface area contributed by atoms with Gasteiger partial charge in [0.1, 0.15) is 0 Å². The molecule has 2 rings (SSSR count). The van der Waals surface area contributed by atoms with Crippen LogP contribution in [-0.2, 0) is 9.59 Å². The van der Waals surface area contributed by atoms with Crippen molar-refractivity contribution in [1.29, 1.82) is 0 Å². The summed E-state index contributed by atoms with van der Waals surface area (Å²) in [7, 11) is 1.50. The first kappa shape index (κ1) is 11.5. The van der Waals surface area contributed by atoms with Gasteiger partial charge in [-0.25, -0.2) is 0 Å². The van der Waals surface area contributed by atoms with Gasteiger partial charge >= 0.3 is 0 Å². The fourth-order valence-corrected chi connectivity index (χ4v) is 2.45. The van der Waals surface area contributed by atoms with Crippen LogP contribution in [0.1, 0.15) is 32.1 Å². The molecule has 1 aliphatic carbocycles. The molecule has 0 spiro atoms. The second-order valence-corrected chi connectivity index (χ2v) is 4.67. The van der Waals surface area contributed by atoms with E-state index >= 15 is 0 Å². The van der Waals surface area contributed by atoms with Gasteiger partial charge in [0, 0.05) is 13.1 Å². The fraction of sp³-hybridized carbons (Fsp3) is 0.818. The predicted octanol–water partition coefficient (Wildman–Crippen LogP) is -0.363. The third-order valence-electron chi connectivity index (χ3n) is 3.53. The third-order valence-corrected chi connectivity index (χ3v) is 3.53. The highest BCUT2D eigenvalue weighted by molar-refractivity contribution is 6.05. The lowest BCUT2D eigenvalue weighted by molar-refractivity contribution is -0.137. The van der Waals surface area contributed by atoms with Crippen molar-refractivity contribution in [1.82, 2.24) is 10.2 Å². The van der Waals surface area contributed by atoms with Crippen molar-refractivity contribution in [2.24, 2.45) is 0 Å². The Labute approximate surface area is 94.8 Å². The first-order chi connectivity index (χ1) is 7.59. The van der Waals surface area contributed by atoms with Crippen molar-refractivity contribution in [2.45, 2.75) is 50.3 Å². The number of aliphatic hydroxyl groups excluding tert-OH is 1.